The smallest absolute Gasteiger partial charge is 0.241 e. The van der Waals surface area contributed by atoms with E-state index in [0.29, 0.717) is 16.4 Å². The van der Waals surface area contributed by atoms with Gasteiger partial charge in [-0.2, -0.15) is 0 Å². The number of anilines is 1. The third-order valence-electron chi connectivity index (χ3n) is 1.74. The number of pyridine rings is 1. The lowest BCUT2D eigenvalue weighted by atomic mass is 10.2. The van der Waals surface area contributed by atoms with Gasteiger partial charge in [-0.3, -0.25) is 4.98 Å². The second-order valence-electron chi connectivity index (χ2n) is 2.61. The fraction of sp³-hybridized carbons (Fsp3) is 0. The molecule has 2 heterocycles. The van der Waals surface area contributed by atoms with Crippen LogP contribution in [0, 0.1) is 0 Å². The Hall–Kier alpha value is -1.82. The van der Waals surface area contributed by atoms with Gasteiger partial charge >= 0.3 is 0 Å². The third-order valence-corrected chi connectivity index (χ3v) is 2.04. The van der Waals surface area contributed by atoms with Crippen molar-refractivity contribution in [2.75, 3.05) is 11.6 Å². The number of hydrogen-bond donors (Lipinski definition) is 2. The average molecular weight is 211 g/mol. The van der Waals surface area contributed by atoms with Crippen molar-refractivity contribution in [3.05, 3.63) is 23.5 Å². The summed E-state index contributed by atoms with van der Waals surface area (Å²) in [5.41, 5.74) is 6.08. The van der Waals surface area contributed by atoms with Crippen LogP contribution in [-0.2, 0) is 0 Å². The molecule has 0 atom stereocenters. The maximum atomic E-state index is 5.90. The van der Waals surface area contributed by atoms with Crippen molar-refractivity contribution in [1.82, 2.24) is 19.9 Å². The van der Waals surface area contributed by atoms with E-state index in [-0.39, 0.29) is 5.95 Å². The first-order chi connectivity index (χ1) is 6.70. The van der Waals surface area contributed by atoms with E-state index in [2.05, 4.69) is 15.2 Å². The Balaban J connectivity index is 2.60. The minimum absolute atomic E-state index is 0.132. The molecule has 0 saturated carbocycles. The number of nitrogen functional groups attached to an aromatic ring is 2. The van der Waals surface area contributed by atoms with Gasteiger partial charge in [-0.05, 0) is 6.07 Å². The minimum Gasteiger partial charge on any atom is -0.366 e. The SMILES string of the molecule is Nc1nnc(-c2ccncc2Cl)n1N. The van der Waals surface area contributed by atoms with Crippen LogP contribution in [0.25, 0.3) is 11.4 Å². The van der Waals surface area contributed by atoms with Gasteiger partial charge in [-0.25, -0.2) is 4.68 Å². The van der Waals surface area contributed by atoms with Gasteiger partial charge < -0.3 is 11.6 Å². The van der Waals surface area contributed by atoms with E-state index in [1.165, 1.54) is 10.9 Å². The van der Waals surface area contributed by atoms with Gasteiger partial charge in [-0.15, -0.1) is 10.2 Å². The van der Waals surface area contributed by atoms with Gasteiger partial charge in [0.25, 0.3) is 0 Å². The van der Waals surface area contributed by atoms with E-state index in [1.54, 1.807) is 12.3 Å². The Bertz CT molecular complexity index is 465. The van der Waals surface area contributed by atoms with Crippen LogP contribution in [0.2, 0.25) is 5.02 Å². The topological polar surface area (TPSA) is 95.6 Å². The molecular weight excluding hydrogens is 204 g/mol. The molecule has 0 aliphatic heterocycles. The first-order valence-corrected chi connectivity index (χ1v) is 4.14. The molecule has 0 unspecified atom stereocenters. The average Bonchev–Trinajstić information content (AvgIpc) is 2.49. The lowest BCUT2D eigenvalue weighted by molar-refractivity contribution is 1.02. The molecule has 0 aromatic carbocycles. The molecule has 6 nitrogen and oxygen atoms in total. The van der Waals surface area contributed by atoms with Crippen molar-refractivity contribution in [2.45, 2.75) is 0 Å². The van der Waals surface area contributed by atoms with Gasteiger partial charge in [0, 0.05) is 18.0 Å². The van der Waals surface area contributed by atoms with Crippen LogP contribution in [0.3, 0.4) is 0 Å². The Labute approximate surface area is 84.5 Å². The Kier molecular flexibility index (Phi) is 1.97. The summed E-state index contributed by atoms with van der Waals surface area (Å²) in [6, 6.07) is 1.69. The highest BCUT2D eigenvalue weighted by atomic mass is 35.5. The highest BCUT2D eigenvalue weighted by molar-refractivity contribution is 6.33. The van der Waals surface area contributed by atoms with Crippen LogP contribution in [0.4, 0.5) is 5.95 Å². The molecule has 72 valence electrons. The second kappa shape index (κ2) is 3.15. The van der Waals surface area contributed by atoms with Crippen LogP contribution < -0.4 is 11.6 Å². The fourth-order valence-electron chi connectivity index (χ4n) is 1.04. The van der Waals surface area contributed by atoms with Gasteiger partial charge in [0.1, 0.15) is 0 Å². The molecule has 0 bridgehead atoms. The van der Waals surface area contributed by atoms with E-state index >= 15 is 0 Å². The Morgan fingerprint density at radius 1 is 1.36 bits per heavy atom. The maximum absolute atomic E-state index is 5.90. The predicted molar refractivity (Wildman–Crippen MR) is 52.8 cm³/mol. The van der Waals surface area contributed by atoms with Crippen molar-refractivity contribution in [2.24, 2.45) is 0 Å². The summed E-state index contributed by atoms with van der Waals surface area (Å²) in [6.07, 6.45) is 3.09. The molecule has 0 radical (unpaired) electrons. The molecule has 7 heteroatoms. The van der Waals surface area contributed by atoms with Gasteiger partial charge in [0.05, 0.1) is 5.02 Å². The molecule has 0 amide bonds. The summed E-state index contributed by atoms with van der Waals surface area (Å²) < 4.78 is 1.17. The van der Waals surface area contributed by atoms with E-state index in [0.717, 1.165) is 0 Å². The van der Waals surface area contributed by atoms with Crippen LogP contribution >= 0.6 is 11.6 Å². The largest absolute Gasteiger partial charge is 0.366 e. The number of hydrogen-bond acceptors (Lipinski definition) is 5. The van der Waals surface area contributed by atoms with E-state index in [4.69, 9.17) is 23.2 Å². The molecule has 0 spiro atoms. The van der Waals surface area contributed by atoms with Crippen LogP contribution in [-0.4, -0.2) is 19.9 Å². The lowest BCUT2D eigenvalue weighted by Crippen LogP contribution is -2.13. The predicted octanol–water partition coefficient (Wildman–Crippen LogP) is 0.289. The molecule has 2 aromatic rings. The fourth-order valence-corrected chi connectivity index (χ4v) is 1.25. The van der Waals surface area contributed by atoms with E-state index < -0.39 is 0 Å². The molecule has 0 saturated heterocycles. The zero-order valence-electron chi connectivity index (χ0n) is 7.05. The highest BCUT2D eigenvalue weighted by Crippen LogP contribution is 2.24. The normalized spacial score (nSPS) is 10.4. The number of halogens is 1. The molecule has 0 aliphatic rings. The molecule has 4 N–H and O–H groups in total. The maximum Gasteiger partial charge on any atom is 0.241 e. The molecule has 2 rings (SSSR count). The Morgan fingerprint density at radius 2 is 2.14 bits per heavy atom. The lowest BCUT2D eigenvalue weighted by Gasteiger charge is -2.02. The van der Waals surface area contributed by atoms with Crippen LogP contribution in [0.5, 0.6) is 0 Å². The monoisotopic (exact) mass is 210 g/mol. The summed E-state index contributed by atoms with van der Waals surface area (Å²) in [5.74, 6) is 6.14. The third kappa shape index (κ3) is 1.25. The number of nitrogens with two attached hydrogens (primary N) is 2. The standard InChI is InChI=1S/C7H7ClN6/c8-5-3-11-2-1-4(5)6-12-13-7(9)14(6)10/h1-3H,10H2,(H2,9,13). The molecular formula is C7H7ClN6. The van der Waals surface area contributed by atoms with E-state index in [1.807, 2.05) is 0 Å². The summed E-state index contributed by atoms with van der Waals surface area (Å²) in [5, 5.41) is 7.87. The van der Waals surface area contributed by atoms with Crippen molar-refractivity contribution in [1.29, 1.82) is 0 Å². The highest BCUT2D eigenvalue weighted by Gasteiger charge is 2.11. The molecule has 0 fully saturated rings. The van der Waals surface area contributed by atoms with Crippen molar-refractivity contribution < 1.29 is 0 Å². The minimum atomic E-state index is 0.132. The van der Waals surface area contributed by atoms with Gasteiger partial charge in [0.2, 0.25) is 5.95 Å². The van der Waals surface area contributed by atoms with Crippen molar-refractivity contribution >= 4 is 17.5 Å². The zero-order valence-corrected chi connectivity index (χ0v) is 7.81. The van der Waals surface area contributed by atoms with Gasteiger partial charge in [-0.1, -0.05) is 11.6 Å². The molecule has 0 aliphatic carbocycles. The summed E-state index contributed by atoms with van der Waals surface area (Å²) in [4.78, 5) is 3.85. The first-order valence-electron chi connectivity index (χ1n) is 3.76. The second-order valence-corrected chi connectivity index (χ2v) is 3.01. The van der Waals surface area contributed by atoms with Crippen LogP contribution in [0.15, 0.2) is 18.5 Å². The summed E-state index contributed by atoms with van der Waals surface area (Å²) in [7, 11) is 0. The summed E-state index contributed by atoms with van der Waals surface area (Å²) >= 11 is 5.90. The van der Waals surface area contributed by atoms with E-state index in [9.17, 15) is 0 Å². The van der Waals surface area contributed by atoms with Crippen molar-refractivity contribution in [3.8, 4) is 11.4 Å². The van der Waals surface area contributed by atoms with Crippen molar-refractivity contribution in [3.63, 3.8) is 0 Å². The Morgan fingerprint density at radius 3 is 2.71 bits per heavy atom. The quantitative estimate of drug-likeness (QED) is 0.660. The molecule has 14 heavy (non-hydrogen) atoms. The van der Waals surface area contributed by atoms with Crippen LogP contribution in [0.1, 0.15) is 0 Å². The zero-order chi connectivity index (χ0) is 10.1. The van der Waals surface area contributed by atoms with Gasteiger partial charge in [0.15, 0.2) is 5.82 Å². The number of nitrogens with zero attached hydrogens (tertiary/aromatic N) is 4. The number of aromatic nitrogens is 4. The molecule has 2 aromatic heterocycles. The summed E-state index contributed by atoms with van der Waals surface area (Å²) in [6.45, 7) is 0. The number of rotatable bonds is 1. The first kappa shape index (κ1) is 8.76.